The zero-order chi connectivity index (χ0) is 18.2. The van der Waals surface area contributed by atoms with Gasteiger partial charge in [0.15, 0.2) is 0 Å². The van der Waals surface area contributed by atoms with Crippen molar-refractivity contribution in [1.82, 2.24) is 25.0 Å². The maximum absolute atomic E-state index is 12.5. The fraction of sp³-hybridized carbons (Fsp3) is 0.214. The van der Waals surface area contributed by atoms with E-state index in [0.717, 1.165) is 5.56 Å². The van der Waals surface area contributed by atoms with E-state index in [4.69, 9.17) is 23.2 Å². The maximum Gasteiger partial charge on any atom is 0.267 e. The van der Waals surface area contributed by atoms with Crippen LogP contribution in [0.15, 0.2) is 29.4 Å². The third-order valence-corrected chi connectivity index (χ3v) is 5.75. The van der Waals surface area contributed by atoms with E-state index in [1.807, 2.05) is 0 Å². The van der Waals surface area contributed by atoms with Gasteiger partial charge in [0.25, 0.3) is 16.0 Å². The van der Waals surface area contributed by atoms with Crippen LogP contribution in [0.2, 0.25) is 10.0 Å². The molecule has 0 aliphatic heterocycles. The van der Waals surface area contributed by atoms with Crippen molar-refractivity contribution >= 4 is 39.2 Å². The summed E-state index contributed by atoms with van der Waals surface area (Å²) in [6, 6.07) is 5.20. The van der Waals surface area contributed by atoms with Crippen LogP contribution in [0.1, 0.15) is 17.0 Å². The van der Waals surface area contributed by atoms with Crippen LogP contribution in [0.5, 0.6) is 0 Å². The average Bonchev–Trinajstić information content (AvgIpc) is 3.09. The summed E-state index contributed by atoms with van der Waals surface area (Å²) in [7, 11) is -3.82. The first kappa shape index (κ1) is 17.7. The normalized spacial score (nSPS) is 11.7. The van der Waals surface area contributed by atoms with E-state index in [0.29, 0.717) is 28.0 Å². The third-order valence-electron chi connectivity index (χ3n) is 3.42. The van der Waals surface area contributed by atoms with Crippen molar-refractivity contribution in [2.24, 2.45) is 0 Å². The highest BCUT2D eigenvalue weighted by atomic mass is 35.5. The van der Waals surface area contributed by atoms with Gasteiger partial charge < -0.3 is 0 Å². The van der Waals surface area contributed by atoms with Gasteiger partial charge in [0.05, 0.1) is 28.0 Å². The van der Waals surface area contributed by atoms with Crippen molar-refractivity contribution < 1.29 is 8.42 Å². The molecule has 0 bridgehead atoms. The highest BCUT2D eigenvalue weighted by Crippen LogP contribution is 2.23. The van der Waals surface area contributed by atoms with Crippen LogP contribution in [0.4, 0.5) is 5.95 Å². The number of nitrogens with one attached hydrogen (secondary N) is 2. The highest BCUT2D eigenvalue weighted by Gasteiger charge is 2.23. The monoisotopic (exact) mass is 400 g/mol. The lowest BCUT2D eigenvalue weighted by atomic mass is 10.2. The van der Waals surface area contributed by atoms with Crippen LogP contribution in [0.25, 0.3) is 0 Å². The summed E-state index contributed by atoms with van der Waals surface area (Å²) in [5.74, 6) is -0.0277. The summed E-state index contributed by atoms with van der Waals surface area (Å²) < 4.78 is 28.8. The number of hydrogen-bond acceptors (Lipinski definition) is 5. The lowest BCUT2D eigenvalue weighted by Gasteiger charge is -2.05. The summed E-state index contributed by atoms with van der Waals surface area (Å²) in [6.45, 7) is 3.61. The van der Waals surface area contributed by atoms with Gasteiger partial charge >= 0.3 is 0 Å². The Labute approximate surface area is 154 Å². The fourth-order valence-corrected chi connectivity index (χ4v) is 3.99. The van der Waals surface area contributed by atoms with E-state index in [2.05, 4.69) is 25.0 Å². The van der Waals surface area contributed by atoms with Crippen LogP contribution < -0.4 is 4.72 Å². The Bertz CT molecular complexity index is 1010. The van der Waals surface area contributed by atoms with E-state index in [9.17, 15) is 8.42 Å². The number of hydrogen-bond donors (Lipinski definition) is 2. The Hall–Kier alpha value is -2.10. The van der Waals surface area contributed by atoms with E-state index in [1.165, 1.54) is 11.0 Å². The van der Waals surface area contributed by atoms with Crippen LogP contribution in [-0.2, 0) is 16.6 Å². The van der Waals surface area contributed by atoms with Crippen molar-refractivity contribution in [3.05, 3.63) is 51.5 Å². The van der Waals surface area contributed by atoms with E-state index >= 15 is 0 Å². The van der Waals surface area contributed by atoms with Gasteiger partial charge in [0.2, 0.25) is 0 Å². The van der Waals surface area contributed by atoms with Gasteiger partial charge in [-0.25, -0.2) is 17.8 Å². The molecule has 0 aliphatic rings. The average molecular weight is 401 g/mol. The number of H-pyrrole nitrogens is 1. The molecule has 2 N–H and O–H groups in total. The first-order chi connectivity index (χ1) is 11.8. The predicted octanol–water partition coefficient (Wildman–Crippen LogP) is 2.77. The molecular formula is C14H14Cl2N6O2S. The summed E-state index contributed by atoms with van der Waals surface area (Å²) in [5.41, 5.74) is 1.68. The second-order valence-corrected chi connectivity index (χ2v) is 7.82. The summed E-state index contributed by atoms with van der Waals surface area (Å²) >= 11 is 11.9. The minimum Gasteiger partial charge on any atom is -0.281 e. The number of aromatic amines is 1. The van der Waals surface area contributed by atoms with E-state index < -0.39 is 10.0 Å². The Morgan fingerprint density at radius 1 is 1.24 bits per heavy atom. The summed E-state index contributed by atoms with van der Waals surface area (Å²) in [5, 5.41) is 11.5. The van der Waals surface area contributed by atoms with Crippen molar-refractivity contribution in [2.75, 3.05) is 4.72 Å². The van der Waals surface area contributed by atoms with Crippen molar-refractivity contribution in [2.45, 2.75) is 25.3 Å². The first-order valence-electron chi connectivity index (χ1n) is 7.14. The molecule has 3 aromatic rings. The number of nitrogens with zero attached hydrogens (tertiary/aromatic N) is 4. The van der Waals surface area contributed by atoms with Gasteiger partial charge in [-0.1, -0.05) is 29.3 Å². The fourth-order valence-electron chi connectivity index (χ4n) is 2.35. The van der Waals surface area contributed by atoms with Gasteiger partial charge in [0.1, 0.15) is 11.2 Å². The molecular weight excluding hydrogens is 387 g/mol. The first-order valence-corrected chi connectivity index (χ1v) is 9.38. The van der Waals surface area contributed by atoms with Gasteiger partial charge in [-0.3, -0.25) is 5.10 Å². The number of rotatable bonds is 5. The largest absolute Gasteiger partial charge is 0.281 e. The lowest BCUT2D eigenvalue weighted by molar-refractivity contribution is 0.599. The molecule has 0 unspecified atom stereocenters. The minimum atomic E-state index is -3.82. The molecule has 3 rings (SSSR count). The number of sulfonamides is 1. The molecule has 0 saturated carbocycles. The molecule has 2 heterocycles. The molecule has 25 heavy (non-hydrogen) atoms. The van der Waals surface area contributed by atoms with E-state index in [-0.39, 0.29) is 10.8 Å². The molecule has 11 heteroatoms. The Morgan fingerprint density at radius 3 is 2.64 bits per heavy atom. The summed E-state index contributed by atoms with van der Waals surface area (Å²) in [4.78, 5) is 4.07. The number of halogens is 2. The zero-order valence-corrected chi connectivity index (χ0v) is 15.6. The zero-order valence-electron chi connectivity index (χ0n) is 13.3. The SMILES string of the molecule is Cc1n[nH]c(C)c1S(=O)(=O)Nc1ncn(Cc2ccc(Cl)c(Cl)c2)n1. The standard InChI is InChI=1S/C14H14Cl2N6O2S/c1-8-13(9(2)19-18-8)25(23,24)21-14-17-7-22(20-14)6-10-3-4-11(15)12(16)5-10/h3-5,7H,6H2,1-2H3,(H,18,19)(H,20,21). The molecule has 0 aliphatic carbocycles. The van der Waals surface area contributed by atoms with Crippen molar-refractivity contribution in [1.29, 1.82) is 0 Å². The molecule has 0 radical (unpaired) electrons. The molecule has 0 spiro atoms. The molecule has 0 fully saturated rings. The van der Waals surface area contributed by atoms with Crippen LogP contribution in [0, 0.1) is 13.8 Å². The van der Waals surface area contributed by atoms with E-state index in [1.54, 1.807) is 32.0 Å². The Morgan fingerprint density at radius 2 is 2.00 bits per heavy atom. The molecule has 0 saturated heterocycles. The molecule has 1 aromatic carbocycles. The quantitative estimate of drug-likeness (QED) is 0.684. The van der Waals surface area contributed by atoms with Crippen molar-refractivity contribution in [3.63, 3.8) is 0 Å². The molecule has 132 valence electrons. The van der Waals surface area contributed by atoms with Gasteiger partial charge in [-0.15, -0.1) is 5.10 Å². The molecule has 2 aromatic heterocycles. The lowest BCUT2D eigenvalue weighted by Crippen LogP contribution is -2.16. The predicted molar refractivity (Wildman–Crippen MR) is 94.5 cm³/mol. The highest BCUT2D eigenvalue weighted by molar-refractivity contribution is 7.92. The molecule has 0 amide bonds. The minimum absolute atomic E-state index is 0.0277. The Balaban J connectivity index is 1.78. The van der Waals surface area contributed by atoms with Gasteiger partial charge in [-0.05, 0) is 31.5 Å². The number of aryl methyl sites for hydroxylation is 2. The van der Waals surface area contributed by atoms with Crippen LogP contribution >= 0.6 is 23.2 Å². The van der Waals surface area contributed by atoms with Gasteiger partial charge in [-0.2, -0.15) is 10.1 Å². The second-order valence-electron chi connectivity index (χ2n) is 5.38. The Kier molecular flexibility index (Phi) is 4.72. The number of benzene rings is 1. The molecule has 0 atom stereocenters. The van der Waals surface area contributed by atoms with Crippen LogP contribution in [0.3, 0.4) is 0 Å². The van der Waals surface area contributed by atoms with Crippen LogP contribution in [-0.4, -0.2) is 33.4 Å². The summed E-state index contributed by atoms with van der Waals surface area (Å²) in [6.07, 6.45) is 1.43. The number of anilines is 1. The second kappa shape index (κ2) is 6.66. The third kappa shape index (κ3) is 3.78. The molecule has 8 nitrogen and oxygen atoms in total. The number of aromatic nitrogens is 5. The smallest absolute Gasteiger partial charge is 0.267 e. The van der Waals surface area contributed by atoms with Crippen molar-refractivity contribution in [3.8, 4) is 0 Å². The topological polar surface area (TPSA) is 106 Å². The maximum atomic E-state index is 12.5. The van der Waals surface area contributed by atoms with Gasteiger partial charge in [0, 0.05) is 0 Å².